The quantitative estimate of drug-likeness (QED) is 0.644. The van der Waals surface area contributed by atoms with Gasteiger partial charge < -0.3 is 15.4 Å². The SMILES string of the molecule is CC1OCCC1C(=O)N1CC[C@@H](N)C1. The number of rotatable bonds is 1. The third-order valence-electron chi connectivity index (χ3n) is 3.23. The highest BCUT2D eigenvalue weighted by Crippen LogP contribution is 2.24. The van der Waals surface area contributed by atoms with Crippen molar-refractivity contribution in [3.05, 3.63) is 0 Å². The molecule has 2 fully saturated rings. The second kappa shape index (κ2) is 3.87. The van der Waals surface area contributed by atoms with Gasteiger partial charge in [0.25, 0.3) is 0 Å². The van der Waals surface area contributed by atoms with Crippen LogP contribution in [0.5, 0.6) is 0 Å². The Bertz CT molecular complexity index is 232. The molecule has 2 aliphatic heterocycles. The van der Waals surface area contributed by atoms with Gasteiger partial charge in [0.15, 0.2) is 0 Å². The van der Waals surface area contributed by atoms with Crippen LogP contribution in [0.2, 0.25) is 0 Å². The summed E-state index contributed by atoms with van der Waals surface area (Å²) in [6.07, 6.45) is 1.89. The molecule has 2 rings (SSSR count). The summed E-state index contributed by atoms with van der Waals surface area (Å²) in [6, 6.07) is 0.177. The molecule has 0 aromatic carbocycles. The Labute approximate surface area is 84.4 Å². The zero-order chi connectivity index (χ0) is 10.1. The predicted octanol–water partition coefficient (Wildman–Crippen LogP) is -0.0290. The van der Waals surface area contributed by atoms with E-state index in [1.54, 1.807) is 0 Å². The highest BCUT2D eigenvalue weighted by Gasteiger charge is 2.35. The zero-order valence-electron chi connectivity index (χ0n) is 8.61. The van der Waals surface area contributed by atoms with Gasteiger partial charge in [-0.1, -0.05) is 0 Å². The molecule has 3 atom stereocenters. The van der Waals surface area contributed by atoms with Gasteiger partial charge in [-0.05, 0) is 19.8 Å². The molecule has 2 N–H and O–H groups in total. The van der Waals surface area contributed by atoms with Crippen LogP contribution < -0.4 is 5.73 Å². The van der Waals surface area contributed by atoms with Gasteiger partial charge in [-0.25, -0.2) is 0 Å². The van der Waals surface area contributed by atoms with Crippen molar-refractivity contribution >= 4 is 5.91 Å². The first kappa shape index (κ1) is 9.93. The number of nitrogens with two attached hydrogens (primary N) is 1. The average Bonchev–Trinajstić information content (AvgIpc) is 2.73. The van der Waals surface area contributed by atoms with Crippen LogP contribution in [-0.2, 0) is 9.53 Å². The summed E-state index contributed by atoms with van der Waals surface area (Å²) in [7, 11) is 0. The van der Waals surface area contributed by atoms with E-state index in [0.717, 1.165) is 32.5 Å². The minimum atomic E-state index is 0.0697. The van der Waals surface area contributed by atoms with Gasteiger partial charge >= 0.3 is 0 Å². The summed E-state index contributed by atoms with van der Waals surface area (Å²) in [5, 5.41) is 0. The number of carbonyl (C=O) groups is 1. The number of ether oxygens (including phenoxy) is 1. The Morgan fingerprint density at radius 3 is 2.79 bits per heavy atom. The van der Waals surface area contributed by atoms with E-state index in [0.29, 0.717) is 0 Å². The molecule has 80 valence electrons. The number of hydrogen-bond donors (Lipinski definition) is 1. The van der Waals surface area contributed by atoms with Crippen molar-refractivity contribution in [2.24, 2.45) is 11.7 Å². The molecule has 0 radical (unpaired) electrons. The number of likely N-dealkylation sites (tertiary alicyclic amines) is 1. The number of nitrogens with zero attached hydrogens (tertiary/aromatic N) is 1. The molecule has 0 spiro atoms. The first-order valence-electron chi connectivity index (χ1n) is 5.34. The van der Waals surface area contributed by atoms with Crippen LogP contribution in [0.4, 0.5) is 0 Å². The van der Waals surface area contributed by atoms with Gasteiger partial charge in [0.1, 0.15) is 0 Å². The lowest BCUT2D eigenvalue weighted by Crippen LogP contribution is -2.38. The lowest BCUT2D eigenvalue weighted by atomic mass is 10.0. The fraction of sp³-hybridized carbons (Fsp3) is 0.900. The minimum absolute atomic E-state index is 0.0697. The second-order valence-electron chi connectivity index (χ2n) is 4.30. The molecular weight excluding hydrogens is 180 g/mol. The van der Waals surface area contributed by atoms with E-state index < -0.39 is 0 Å². The molecule has 0 aliphatic carbocycles. The molecule has 1 amide bonds. The van der Waals surface area contributed by atoms with Crippen LogP contribution in [0.3, 0.4) is 0 Å². The molecule has 0 aromatic rings. The first-order chi connectivity index (χ1) is 6.68. The Hall–Kier alpha value is -0.610. The van der Waals surface area contributed by atoms with E-state index in [1.807, 2.05) is 11.8 Å². The molecule has 2 saturated heterocycles. The summed E-state index contributed by atoms with van der Waals surface area (Å²) < 4.78 is 5.39. The molecular formula is C10H18N2O2. The molecule has 0 saturated carbocycles. The number of hydrogen-bond acceptors (Lipinski definition) is 3. The van der Waals surface area contributed by atoms with E-state index in [9.17, 15) is 4.79 Å². The van der Waals surface area contributed by atoms with Crippen LogP contribution in [0.25, 0.3) is 0 Å². The van der Waals surface area contributed by atoms with Crippen molar-refractivity contribution < 1.29 is 9.53 Å². The normalized spacial score (nSPS) is 37.9. The van der Waals surface area contributed by atoms with Gasteiger partial charge in [0, 0.05) is 25.7 Å². The van der Waals surface area contributed by atoms with Gasteiger partial charge in [0.05, 0.1) is 12.0 Å². The maximum atomic E-state index is 12.0. The standard InChI is InChI=1S/C10H18N2O2/c1-7-9(3-5-14-7)10(13)12-4-2-8(11)6-12/h7-9H,2-6,11H2,1H3/t7?,8-,9?/m1/s1. The molecule has 14 heavy (non-hydrogen) atoms. The Morgan fingerprint density at radius 2 is 2.29 bits per heavy atom. The lowest BCUT2D eigenvalue weighted by Gasteiger charge is -2.21. The van der Waals surface area contributed by atoms with Crippen LogP contribution in [0.15, 0.2) is 0 Å². The fourth-order valence-corrected chi connectivity index (χ4v) is 2.28. The van der Waals surface area contributed by atoms with Gasteiger partial charge in [-0.15, -0.1) is 0 Å². The van der Waals surface area contributed by atoms with Gasteiger partial charge in [-0.2, -0.15) is 0 Å². The van der Waals surface area contributed by atoms with Crippen LogP contribution in [0.1, 0.15) is 19.8 Å². The molecule has 2 unspecified atom stereocenters. The molecule has 4 heteroatoms. The highest BCUT2D eigenvalue weighted by molar-refractivity contribution is 5.80. The van der Waals surface area contributed by atoms with E-state index in [4.69, 9.17) is 10.5 Å². The Kier molecular flexibility index (Phi) is 2.74. The summed E-state index contributed by atoms with van der Waals surface area (Å²) in [5.41, 5.74) is 5.77. The number of carbonyl (C=O) groups excluding carboxylic acids is 1. The zero-order valence-corrected chi connectivity index (χ0v) is 8.61. The second-order valence-corrected chi connectivity index (χ2v) is 4.30. The molecule has 0 aromatic heterocycles. The summed E-state index contributed by atoms with van der Waals surface area (Å²) in [5.74, 6) is 0.309. The summed E-state index contributed by atoms with van der Waals surface area (Å²) >= 11 is 0. The van der Waals surface area contributed by atoms with Gasteiger partial charge in [-0.3, -0.25) is 4.79 Å². The maximum absolute atomic E-state index is 12.0. The molecule has 0 bridgehead atoms. The van der Waals surface area contributed by atoms with Crippen molar-refractivity contribution in [2.75, 3.05) is 19.7 Å². The van der Waals surface area contributed by atoms with E-state index in [1.165, 1.54) is 0 Å². The predicted molar refractivity (Wildman–Crippen MR) is 52.7 cm³/mol. The van der Waals surface area contributed by atoms with Crippen LogP contribution in [0, 0.1) is 5.92 Å². The van der Waals surface area contributed by atoms with Crippen molar-refractivity contribution in [3.63, 3.8) is 0 Å². The summed E-state index contributed by atoms with van der Waals surface area (Å²) in [4.78, 5) is 13.9. The fourth-order valence-electron chi connectivity index (χ4n) is 2.28. The van der Waals surface area contributed by atoms with Crippen molar-refractivity contribution in [2.45, 2.75) is 31.9 Å². The highest BCUT2D eigenvalue weighted by atomic mass is 16.5. The van der Waals surface area contributed by atoms with Crippen LogP contribution >= 0.6 is 0 Å². The maximum Gasteiger partial charge on any atom is 0.228 e. The average molecular weight is 198 g/mol. The molecule has 2 heterocycles. The van der Waals surface area contributed by atoms with Crippen molar-refractivity contribution in [1.29, 1.82) is 0 Å². The summed E-state index contributed by atoms with van der Waals surface area (Å²) in [6.45, 7) is 4.24. The minimum Gasteiger partial charge on any atom is -0.378 e. The van der Waals surface area contributed by atoms with Crippen molar-refractivity contribution in [1.82, 2.24) is 4.90 Å². The largest absolute Gasteiger partial charge is 0.378 e. The van der Waals surface area contributed by atoms with Gasteiger partial charge in [0.2, 0.25) is 5.91 Å². The van der Waals surface area contributed by atoms with Crippen molar-refractivity contribution in [3.8, 4) is 0 Å². The monoisotopic (exact) mass is 198 g/mol. The molecule has 2 aliphatic rings. The Balaban J connectivity index is 1.94. The lowest BCUT2D eigenvalue weighted by molar-refractivity contribution is -0.135. The first-order valence-corrected chi connectivity index (χ1v) is 5.34. The third kappa shape index (κ3) is 1.77. The molecule has 4 nitrogen and oxygen atoms in total. The number of amides is 1. The van der Waals surface area contributed by atoms with E-state index in [2.05, 4.69) is 0 Å². The topological polar surface area (TPSA) is 55.6 Å². The van der Waals surface area contributed by atoms with Crippen LogP contribution in [-0.4, -0.2) is 42.6 Å². The van der Waals surface area contributed by atoms with E-state index in [-0.39, 0.29) is 24.0 Å². The third-order valence-corrected chi connectivity index (χ3v) is 3.23. The Morgan fingerprint density at radius 1 is 1.50 bits per heavy atom. The smallest absolute Gasteiger partial charge is 0.228 e. The van der Waals surface area contributed by atoms with E-state index >= 15 is 0 Å².